The van der Waals surface area contributed by atoms with E-state index in [1.54, 1.807) is 35.1 Å². The third-order valence-corrected chi connectivity index (χ3v) is 3.88. The molecule has 18 heavy (non-hydrogen) atoms. The Morgan fingerprint density at radius 1 is 1.22 bits per heavy atom. The van der Waals surface area contributed by atoms with Gasteiger partial charge in [-0.25, -0.2) is 8.42 Å². The fraction of sp³-hybridized carbons (Fsp3) is 0.250. The van der Waals surface area contributed by atoms with E-state index in [0.29, 0.717) is 4.90 Å². The fourth-order valence-electron chi connectivity index (χ4n) is 1.72. The van der Waals surface area contributed by atoms with Gasteiger partial charge in [-0.15, -0.1) is 0 Å². The van der Waals surface area contributed by atoms with Crippen molar-refractivity contribution in [1.29, 1.82) is 0 Å². The zero-order chi connectivity index (χ0) is 13.3. The van der Waals surface area contributed by atoms with Crippen LogP contribution >= 0.6 is 0 Å². The second-order valence-electron chi connectivity index (χ2n) is 4.27. The van der Waals surface area contributed by atoms with Gasteiger partial charge in [0.1, 0.15) is 0 Å². The highest BCUT2D eigenvalue weighted by Crippen LogP contribution is 2.20. The second kappa shape index (κ2) is 4.55. The lowest BCUT2D eigenvalue weighted by Gasteiger charge is -2.10. The van der Waals surface area contributed by atoms with Crippen molar-refractivity contribution < 1.29 is 8.42 Å². The van der Waals surface area contributed by atoms with Crippen LogP contribution in [0.5, 0.6) is 0 Å². The molecule has 2 aromatic rings. The first-order chi connectivity index (χ1) is 8.38. The van der Waals surface area contributed by atoms with Crippen molar-refractivity contribution in [3.63, 3.8) is 0 Å². The van der Waals surface area contributed by atoms with Crippen molar-refractivity contribution in [3.8, 4) is 0 Å². The molecule has 2 N–H and O–H groups in total. The fourth-order valence-corrected chi connectivity index (χ4v) is 2.35. The Labute approximate surface area is 106 Å². The molecule has 0 amide bonds. The second-order valence-corrected chi connectivity index (χ2v) is 6.28. The number of benzene rings is 1. The topological polar surface area (TPSA) is 78.0 Å². The molecular formula is C12H15N3O2S. The molecule has 0 saturated carbocycles. The third-order valence-electron chi connectivity index (χ3n) is 2.75. The van der Waals surface area contributed by atoms with Crippen molar-refractivity contribution >= 4 is 9.84 Å². The summed E-state index contributed by atoms with van der Waals surface area (Å²) in [5.74, 6) is 0. The van der Waals surface area contributed by atoms with E-state index < -0.39 is 9.84 Å². The molecule has 0 aliphatic rings. The summed E-state index contributed by atoms with van der Waals surface area (Å²) in [5, 5.41) is 4.06. The molecule has 1 atom stereocenters. The van der Waals surface area contributed by atoms with Gasteiger partial charge in [0, 0.05) is 25.1 Å². The molecule has 6 heteroatoms. The van der Waals surface area contributed by atoms with Crippen LogP contribution in [-0.2, 0) is 16.9 Å². The molecule has 2 rings (SSSR count). The maximum Gasteiger partial charge on any atom is 0.175 e. The highest BCUT2D eigenvalue weighted by atomic mass is 32.2. The Bertz CT molecular complexity index is 644. The van der Waals surface area contributed by atoms with E-state index in [1.165, 1.54) is 6.26 Å². The SMILES string of the molecule is Cn1cc(C(N)c2ccc(S(C)(=O)=O)cc2)cn1. The van der Waals surface area contributed by atoms with Crippen molar-refractivity contribution in [2.24, 2.45) is 12.8 Å². The Morgan fingerprint density at radius 3 is 2.28 bits per heavy atom. The summed E-state index contributed by atoms with van der Waals surface area (Å²) >= 11 is 0. The van der Waals surface area contributed by atoms with Crippen LogP contribution in [0.1, 0.15) is 17.2 Å². The third kappa shape index (κ3) is 2.60. The van der Waals surface area contributed by atoms with Gasteiger partial charge in [0.05, 0.1) is 17.1 Å². The molecule has 1 aromatic heterocycles. The maximum atomic E-state index is 11.3. The van der Waals surface area contributed by atoms with E-state index in [4.69, 9.17) is 5.73 Å². The van der Waals surface area contributed by atoms with Crippen LogP contribution < -0.4 is 5.73 Å². The van der Waals surface area contributed by atoms with Crippen molar-refractivity contribution in [2.75, 3.05) is 6.26 Å². The summed E-state index contributed by atoms with van der Waals surface area (Å²) in [7, 11) is -1.34. The molecule has 0 aliphatic carbocycles. The minimum absolute atomic E-state index is 0.296. The largest absolute Gasteiger partial charge is 0.320 e. The first kappa shape index (κ1) is 12.8. The van der Waals surface area contributed by atoms with Crippen LogP contribution in [0.3, 0.4) is 0 Å². The number of nitrogens with zero attached hydrogens (tertiary/aromatic N) is 2. The van der Waals surface area contributed by atoms with Crippen molar-refractivity contribution in [3.05, 3.63) is 47.8 Å². The lowest BCUT2D eigenvalue weighted by atomic mass is 10.0. The summed E-state index contributed by atoms with van der Waals surface area (Å²) < 4.78 is 24.4. The molecule has 0 saturated heterocycles. The minimum Gasteiger partial charge on any atom is -0.320 e. The summed E-state index contributed by atoms with van der Waals surface area (Å²) in [6.45, 7) is 0. The number of aromatic nitrogens is 2. The Kier molecular flexibility index (Phi) is 3.23. The zero-order valence-electron chi connectivity index (χ0n) is 10.2. The van der Waals surface area contributed by atoms with Gasteiger partial charge in [-0.05, 0) is 17.7 Å². The Hall–Kier alpha value is -1.66. The van der Waals surface area contributed by atoms with Gasteiger partial charge in [0.2, 0.25) is 0 Å². The summed E-state index contributed by atoms with van der Waals surface area (Å²) in [5.41, 5.74) is 7.84. The van der Waals surface area contributed by atoms with Gasteiger partial charge in [-0.3, -0.25) is 4.68 Å². The standard InChI is InChI=1S/C12H15N3O2S/c1-15-8-10(7-14-15)12(13)9-3-5-11(6-4-9)18(2,16)17/h3-8,12H,13H2,1-2H3. The Balaban J connectivity index is 2.30. The van der Waals surface area contributed by atoms with Gasteiger partial charge < -0.3 is 5.73 Å². The predicted molar refractivity (Wildman–Crippen MR) is 68.8 cm³/mol. The molecule has 0 spiro atoms. The van der Waals surface area contributed by atoms with Crippen LogP contribution in [0.25, 0.3) is 0 Å². The average Bonchev–Trinajstić information content (AvgIpc) is 2.74. The number of hydrogen-bond donors (Lipinski definition) is 1. The monoisotopic (exact) mass is 265 g/mol. The summed E-state index contributed by atoms with van der Waals surface area (Å²) in [6.07, 6.45) is 4.73. The first-order valence-electron chi connectivity index (χ1n) is 5.42. The molecule has 0 fully saturated rings. The predicted octanol–water partition coefficient (Wildman–Crippen LogP) is 0.872. The van der Waals surface area contributed by atoms with Crippen LogP contribution in [0, 0.1) is 0 Å². The van der Waals surface area contributed by atoms with E-state index in [0.717, 1.165) is 11.1 Å². The quantitative estimate of drug-likeness (QED) is 0.893. The van der Waals surface area contributed by atoms with Crippen molar-refractivity contribution in [1.82, 2.24) is 9.78 Å². The molecule has 96 valence electrons. The highest BCUT2D eigenvalue weighted by Gasteiger charge is 2.12. The summed E-state index contributed by atoms with van der Waals surface area (Å²) in [4.78, 5) is 0.296. The molecule has 1 unspecified atom stereocenters. The van der Waals surface area contributed by atoms with Crippen LogP contribution in [0.2, 0.25) is 0 Å². The number of sulfone groups is 1. The normalized spacial score (nSPS) is 13.5. The van der Waals surface area contributed by atoms with Gasteiger partial charge in [0.25, 0.3) is 0 Å². The molecular weight excluding hydrogens is 250 g/mol. The van der Waals surface area contributed by atoms with Gasteiger partial charge >= 0.3 is 0 Å². The molecule has 0 radical (unpaired) electrons. The highest BCUT2D eigenvalue weighted by molar-refractivity contribution is 7.90. The zero-order valence-corrected chi connectivity index (χ0v) is 11.1. The molecule has 0 aliphatic heterocycles. The van der Waals surface area contributed by atoms with Gasteiger partial charge in [-0.1, -0.05) is 12.1 Å². The molecule has 0 bridgehead atoms. The molecule has 5 nitrogen and oxygen atoms in total. The number of hydrogen-bond acceptors (Lipinski definition) is 4. The Morgan fingerprint density at radius 2 is 1.83 bits per heavy atom. The van der Waals surface area contributed by atoms with Crippen LogP contribution in [0.15, 0.2) is 41.6 Å². The minimum atomic E-state index is -3.16. The van der Waals surface area contributed by atoms with E-state index in [2.05, 4.69) is 5.10 Å². The van der Waals surface area contributed by atoms with E-state index in [1.807, 2.05) is 13.2 Å². The summed E-state index contributed by atoms with van der Waals surface area (Å²) in [6, 6.07) is 6.30. The van der Waals surface area contributed by atoms with Gasteiger partial charge in [0.15, 0.2) is 9.84 Å². The van der Waals surface area contributed by atoms with E-state index in [9.17, 15) is 8.42 Å². The average molecular weight is 265 g/mol. The van der Waals surface area contributed by atoms with E-state index in [-0.39, 0.29) is 6.04 Å². The first-order valence-corrected chi connectivity index (χ1v) is 7.31. The van der Waals surface area contributed by atoms with Crippen molar-refractivity contribution in [2.45, 2.75) is 10.9 Å². The molecule has 1 heterocycles. The van der Waals surface area contributed by atoms with Gasteiger partial charge in [-0.2, -0.15) is 5.10 Å². The maximum absolute atomic E-state index is 11.3. The van der Waals surface area contributed by atoms with E-state index >= 15 is 0 Å². The van der Waals surface area contributed by atoms with Crippen LogP contribution in [0.4, 0.5) is 0 Å². The lowest BCUT2D eigenvalue weighted by Crippen LogP contribution is -2.11. The van der Waals surface area contributed by atoms with Crippen LogP contribution in [-0.4, -0.2) is 24.5 Å². The molecule has 1 aromatic carbocycles. The number of nitrogens with two attached hydrogens (primary N) is 1. The number of aryl methyl sites for hydroxylation is 1. The lowest BCUT2D eigenvalue weighted by molar-refractivity contribution is 0.602. The number of rotatable bonds is 3. The smallest absolute Gasteiger partial charge is 0.175 e.